The van der Waals surface area contributed by atoms with Crippen LogP contribution in [0.5, 0.6) is 0 Å². The van der Waals surface area contributed by atoms with Crippen molar-refractivity contribution in [2.45, 2.75) is 6.54 Å². The summed E-state index contributed by atoms with van der Waals surface area (Å²) >= 11 is 9.25. The van der Waals surface area contributed by atoms with Gasteiger partial charge in [-0.25, -0.2) is 0 Å². The summed E-state index contributed by atoms with van der Waals surface area (Å²) in [7, 11) is 0. The number of hydrogen-bond acceptors (Lipinski definition) is 3. The van der Waals surface area contributed by atoms with Crippen molar-refractivity contribution in [1.29, 1.82) is 0 Å². The molecule has 18 heavy (non-hydrogen) atoms. The van der Waals surface area contributed by atoms with Crippen molar-refractivity contribution >= 4 is 39.5 Å². The molecule has 1 rings (SSSR count). The molecule has 98 valence electrons. The minimum atomic E-state index is -1.08. The van der Waals surface area contributed by atoms with Gasteiger partial charge >= 0.3 is 11.9 Å². The maximum Gasteiger partial charge on any atom is 0.317 e. The van der Waals surface area contributed by atoms with Gasteiger partial charge < -0.3 is 10.2 Å². The van der Waals surface area contributed by atoms with Gasteiger partial charge in [-0.3, -0.25) is 14.5 Å². The highest BCUT2D eigenvalue weighted by Crippen LogP contribution is 2.22. The minimum absolute atomic E-state index is 0.171. The second-order valence-electron chi connectivity index (χ2n) is 3.67. The zero-order chi connectivity index (χ0) is 13.7. The zero-order valence-electron chi connectivity index (χ0n) is 9.27. The average molecular weight is 337 g/mol. The van der Waals surface area contributed by atoms with Crippen LogP contribution in [-0.4, -0.2) is 40.1 Å². The highest BCUT2D eigenvalue weighted by Gasteiger charge is 2.15. The van der Waals surface area contributed by atoms with Crippen molar-refractivity contribution in [2.75, 3.05) is 13.1 Å². The lowest BCUT2D eigenvalue weighted by Gasteiger charge is -2.18. The molecule has 0 amide bonds. The lowest BCUT2D eigenvalue weighted by Crippen LogP contribution is -2.34. The molecule has 0 aromatic heterocycles. The molecule has 2 N–H and O–H groups in total. The Morgan fingerprint density at radius 3 is 2.22 bits per heavy atom. The summed E-state index contributed by atoms with van der Waals surface area (Å²) in [6.07, 6.45) is 0. The Morgan fingerprint density at radius 2 is 1.78 bits per heavy atom. The van der Waals surface area contributed by atoms with Crippen LogP contribution in [0.25, 0.3) is 0 Å². The first-order valence-corrected chi connectivity index (χ1v) is 6.15. The summed E-state index contributed by atoms with van der Waals surface area (Å²) in [6, 6.07) is 5.17. The molecular weight excluding hydrogens is 325 g/mol. The van der Waals surface area contributed by atoms with Crippen LogP contribution in [0.1, 0.15) is 5.56 Å². The van der Waals surface area contributed by atoms with E-state index in [0.29, 0.717) is 10.6 Å². The van der Waals surface area contributed by atoms with Gasteiger partial charge in [-0.05, 0) is 17.7 Å². The first kappa shape index (κ1) is 14.9. The Morgan fingerprint density at radius 1 is 1.22 bits per heavy atom. The Hall–Kier alpha value is -1.11. The molecule has 0 aliphatic heterocycles. The molecule has 0 atom stereocenters. The summed E-state index contributed by atoms with van der Waals surface area (Å²) in [6.45, 7) is -0.526. The van der Waals surface area contributed by atoms with Gasteiger partial charge in [0, 0.05) is 16.0 Å². The van der Waals surface area contributed by atoms with Crippen molar-refractivity contribution in [1.82, 2.24) is 4.90 Å². The molecule has 0 saturated carbocycles. The van der Waals surface area contributed by atoms with E-state index in [1.54, 1.807) is 18.2 Å². The second kappa shape index (κ2) is 6.72. The molecule has 0 fully saturated rings. The molecule has 0 aliphatic rings. The SMILES string of the molecule is O=C(O)CN(CC(=O)O)Cc1ccc(Br)cc1Cl. The number of rotatable bonds is 6. The van der Waals surface area contributed by atoms with E-state index in [-0.39, 0.29) is 19.6 Å². The number of carboxylic acids is 2. The third-order valence-electron chi connectivity index (χ3n) is 2.13. The number of carbonyl (C=O) groups is 2. The predicted molar refractivity (Wildman–Crippen MR) is 69.7 cm³/mol. The molecule has 1 aromatic rings. The fraction of sp³-hybridized carbons (Fsp3) is 0.273. The maximum atomic E-state index is 10.6. The van der Waals surface area contributed by atoms with Crippen molar-refractivity contribution in [3.63, 3.8) is 0 Å². The summed E-state index contributed by atoms with van der Waals surface area (Å²) in [5, 5.41) is 17.9. The highest BCUT2D eigenvalue weighted by atomic mass is 79.9. The van der Waals surface area contributed by atoms with Gasteiger partial charge in [0.15, 0.2) is 0 Å². The highest BCUT2D eigenvalue weighted by molar-refractivity contribution is 9.10. The number of carboxylic acid groups (broad SMARTS) is 2. The molecule has 0 bridgehead atoms. The van der Waals surface area contributed by atoms with Crippen LogP contribution in [-0.2, 0) is 16.1 Å². The Labute approximate surface area is 117 Å². The lowest BCUT2D eigenvalue weighted by molar-refractivity contribution is -0.142. The van der Waals surface area contributed by atoms with Gasteiger partial charge in [0.25, 0.3) is 0 Å². The maximum absolute atomic E-state index is 10.6. The van der Waals surface area contributed by atoms with E-state index >= 15 is 0 Å². The molecule has 7 heteroatoms. The van der Waals surface area contributed by atoms with Crippen molar-refractivity contribution < 1.29 is 19.8 Å². The fourth-order valence-electron chi connectivity index (χ4n) is 1.44. The first-order valence-electron chi connectivity index (χ1n) is 4.98. The van der Waals surface area contributed by atoms with Crippen LogP contribution in [0.4, 0.5) is 0 Å². The normalized spacial score (nSPS) is 10.6. The Bertz CT molecular complexity index is 450. The summed E-state index contributed by atoms with van der Waals surface area (Å²) < 4.78 is 0.805. The van der Waals surface area contributed by atoms with Crippen LogP contribution in [0, 0.1) is 0 Å². The Kier molecular flexibility index (Phi) is 5.58. The van der Waals surface area contributed by atoms with Gasteiger partial charge in [0.1, 0.15) is 0 Å². The second-order valence-corrected chi connectivity index (χ2v) is 4.99. The van der Waals surface area contributed by atoms with Gasteiger partial charge in [-0.1, -0.05) is 33.6 Å². The first-order chi connectivity index (χ1) is 8.38. The van der Waals surface area contributed by atoms with Gasteiger partial charge in [-0.2, -0.15) is 0 Å². The molecular formula is C11H11BrClNO4. The summed E-state index contributed by atoms with van der Waals surface area (Å²) in [5.41, 5.74) is 0.683. The number of hydrogen-bond donors (Lipinski definition) is 2. The monoisotopic (exact) mass is 335 g/mol. The fourth-order valence-corrected chi connectivity index (χ4v) is 2.17. The van der Waals surface area contributed by atoms with Crippen LogP contribution in [0.15, 0.2) is 22.7 Å². The van der Waals surface area contributed by atoms with E-state index in [4.69, 9.17) is 21.8 Å². The van der Waals surface area contributed by atoms with Crippen LogP contribution >= 0.6 is 27.5 Å². The molecule has 0 saturated heterocycles. The van der Waals surface area contributed by atoms with E-state index in [0.717, 1.165) is 4.47 Å². The molecule has 0 radical (unpaired) electrons. The minimum Gasteiger partial charge on any atom is -0.480 e. The number of benzene rings is 1. The number of halogens is 2. The standard InChI is InChI=1S/C11H11BrClNO4/c12-8-2-1-7(9(13)3-8)4-14(5-10(15)16)6-11(17)18/h1-3H,4-6H2,(H,15,16)(H,17,18). The topological polar surface area (TPSA) is 77.8 Å². The number of aliphatic carboxylic acids is 2. The molecule has 0 spiro atoms. The van der Waals surface area contributed by atoms with E-state index in [2.05, 4.69) is 15.9 Å². The van der Waals surface area contributed by atoms with Crippen molar-refractivity contribution in [2.24, 2.45) is 0 Å². The molecule has 0 unspecified atom stereocenters. The third-order valence-corrected chi connectivity index (χ3v) is 2.97. The van der Waals surface area contributed by atoms with Gasteiger partial charge in [-0.15, -0.1) is 0 Å². The van der Waals surface area contributed by atoms with Crippen LogP contribution in [0.2, 0.25) is 5.02 Å². The summed E-state index contributed by atoms with van der Waals surface area (Å²) in [4.78, 5) is 22.6. The molecule has 0 aliphatic carbocycles. The van der Waals surface area contributed by atoms with E-state index in [9.17, 15) is 9.59 Å². The smallest absolute Gasteiger partial charge is 0.317 e. The van der Waals surface area contributed by atoms with Crippen LogP contribution in [0.3, 0.4) is 0 Å². The van der Waals surface area contributed by atoms with Gasteiger partial charge in [0.05, 0.1) is 13.1 Å². The summed E-state index contributed by atoms with van der Waals surface area (Å²) in [5.74, 6) is -2.16. The van der Waals surface area contributed by atoms with E-state index < -0.39 is 11.9 Å². The molecule has 1 aromatic carbocycles. The average Bonchev–Trinajstić information content (AvgIpc) is 2.20. The molecule has 0 heterocycles. The number of nitrogens with zero attached hydrogens (tertiary/aromatic N) is 1. The van der Waals surface area contributed by atoms with E-state index in [1.807, 2.05) is 0 Å². The van der Waals surface area contributed by atoms with E-state index in [1.165, 1.54) is 4.90 Å². The lowest BCUT2D eigenvalue weighted by atomic mass is 10.2. The van der Waals surface area contributed by atoms with Gasteiger partial charge in [0.2, 0.25) is 0 Å². The zero-order valence-corrected chi connectivity index (χ0v) is 11.6. The quantitative estimate of drug-likeness (QED) is 0.831. The largest absolute Gasteiger partial charge is 0.480 e. The molecule has 5 nitrogen and oxygen atoms in total. The predicted octanol–water partition coefficient (Wildman–Crippen LogP) is 2.07. The third kappa shape index (κ3) is 5.03. The van der Waals surface area contributed by atoms with Crippen molar-refractivity contribution in [3.8, 4) is 0 Å². The van der Waals surface area contributed by atoms with Crippen molar-refractivity contribution in [3.05, 3.63) is 33.3 Å². The Balaban J connectivity index is 2.81. The van der Waals surface area contributed by atoms with Crippen LogP contribution < -0.4 is 0 Å².